The van der Waals surface area contributed by atoms with E-state index in [-0.39, 0.29) is 24.0 Å². The molecule has 2 heterocycles. The topological polar surface area (TPSA) is 58.6 Å². The Kier molecular flexibility index (Phi) is 3.78. The number of imide groups is 1. The zero-order valence-corrected chi connectivity index (χ0v) is 12.4. The van der Waals surface area contributed by atoms with Crippen LogP contribution in [-0.2, 0) is 16.0 Å². The van der Waals surface area contributed by atoms with Crippen LogP contribution in [0.1, 0.15) is 40.4 Å². The molecule has 1 fully saturated rings. The van der Waals surface area contributed by atoms with Crippen LogP contribution in [0.4, 0.5) is 0 Å². The summed E-state index contributed by atoms with van der Waals surface area (Å²) < 4.78 is 5.76. The Balaban J connectivity index is 1.95. The molecule has 112 valence electrons. The van der Waals surface area contributed by atoms with Crippen LogP contribution < -0.4 is 5.32 Å². The summed E-state index contributed by atoms with van der Waals surface area (Å²) in [6.45, 7) is 0.796. The van der Waals surface area contributed by atoms with E-state index in [1.54, 1.807) is 0 Å². The molecule has 0 radical (unpaired) electrons. The molecule has 1 aromatic carbocycles. The van der Waals surface area contributed by atoms with Crippen LogP contribution in [-0.4, -0.2) is 43.5 Å². The molecule has 2 unspecified atom stereocenters. The van der Waals surface area contributed by atoms with Crippen molar-refractivity contribution in [1.82, 2.24) is 10.2 Å². The average Bonchev–Trinajstić information content (AvgIpc) is 3.00. The predicted molar refractivity (Wildman–Crippen MR) is 78.0 cm³/mol. The second-order valence-corrected chi connectivity index (χ2v) is 5.67. The number of nitrogens with one attached hydrogen (secondary N) is 1. The van der Waals surface area contributed by atoms with E-state index in [0.29, 0.717) is 12.0 Å². The van der Waals surface area contributed by atoms with Gasteiger partial charge in [0, 0.05) is 19.2 Å². The van der Waals surface area contributed by atoms with Crippen LogP contribution in [0.5, 0.6) is 0 Å². The molecule has 1 aromatic rings. The number of amides is 2. The van der Waals surface area contributed by atoms with Crippen molar-refractivity contribution in [2.75, 3.05) is 20.7 Å². The maximum absolute atomic E-state index is 12.3. The SMILES string of the molecule is CNC(c1ccc2c(c1)C(=O)N(C)C(=O)C2)C1CCCO1. The van der Waals surface area contributed by atoms with Crippen LogP contribution >= 0.6 is 0 Å². The first-order valence-corrected chi connectivity index (χ1v) is 7.34. The third-order valence-corrected chi connectivity index (χ3v) is 4.39. The van der Waals surface area contributed by atoms with Crippen molar-refractivity contribution in [3.63, 3.8) is 0 Å². The van der Waals surface area contributed by atoms with Crippen LogP contribution in [0.15, 0.2) is 18.2 Å². The number of benzene rings is 1. The van der Waals surface area contributed by atoms with Gasteiger partial charge in [-0.2, -0.15) is 0 Å². The van der Waals surface area contributed by atoms with Crippen molar-refractivity contribution in [1.29, 1.82) is 0 Å². The van der Waals surface area contributed by atoms with Crippen molar-refractivity contribution < 1.29 is 14.3 Å². The number of ether oxygens (including phenoxy) is 1. The second kappa shape index (κ2) is 5.58. The standard InChI is InChI=1S/C16H20N2O3/c1-17-15(13-4-3-7-21-13)11-6-5-10-9-14(19)18(2)16(20)12(10)8-11/h5-6,8,13,15,17H,3-4,7,9H2,1-2H3. The predicted octanol–water partition coefficient (Wildman–Crippen LogP) is 1.28. The van der Waals surface area contributed by atoms with Crippen molar-refractivity contribution in [3.05, 3.63) is 34.9 Å². The highest BCUT2D eigenvalue weighted by Gasteiger charge is 2.31. The van der Waals surface area contributed by atoms with Gasteiger partial charge < -0.3 is 10.1 Å². The maximum Gasteiger partial charge on any atom is 0.260 e. The zero-order chi connectivity index (χ0) is 15.0. The zero-order valence-electron chi connectivity index (χ0n) is 12.4. The Morgan fingerprint density at radius 1 is 1.38 bits per heavy atom. The summed E-state index contributed by atoms with van der Waals surface area (Å²) in [6, 6.07) is 5.87. The van der Waals surface area contributed by atoms with Crippen molar-refractivity contribution in [2.24, 2.45) is 0 Å². The largest absolute Gasteiger partial charge is 0.376 e. The first kappa shape index (κ1) is 14.2. The third-order valence-electron chi connectivity index (χ3n) is 4.39. The molecular weight excluding hydrogens is 268 g/mol. The number of rotatable bonds is 3. The van der Waals surface area contributed by atoms with Crippen LogP contribution in [0.3, 0.4) is 0 Å². The van der Waals surface area contributed by atoms with Gasteiger partial charge in [0.1, 0.15) is 0 Å². The molecule has 0 saturated carbocycles. The highest BCUT2D eigenvalue weighted by molar-refractivity contribution is 6.09. The quantitative estimate of drug-likeness (QED) is 0.851. The van der Waals surface area contributed by atoms with Gasteiger partial charge in [-0.1, -0.05) is 12.1 Å². The lowest BCUT2D eigenvalue weighted by Gasteiger charge is -2.27. The van der Waals surface area contributed by atoms with E-state index in [1.165, 1.54) is 11.9 Å². The maximum atomic E-state index is 12.3. The Labute approximate surface area is 124 Å². The van der Waals surface area contributed by atoms with Gasteiger partial charge in [-0.05, 0) is 37.1 Å². The number of likely N-dealkylation sites (N-methyl/N-ethyl adjacent to an activating group) is 2. The third kappa shape index (κ3) is 2.47. The molecule has 1 N–H and O–H groups in total. The molecule has 3 rings (SSSR count). The molecule has 0 spiro atoms. The second-order valence-electron chi connectivity index (χ2n) is 5.67. The molecule has 1 saturated heterocycles. The van der Waals surface area contributed by atoms with E-state index >= 15 is 0 Å². The number of hydrogen-bond acceptors (Lipinski definition) is 4. The highest BCUT2D eigenvalue weighted by atomic mass is 16.5. The van der Waals surface area contributed by atoms with E-state index in [2.05, 4.69) is 5.32 Å². The van der Waals surface area contributed by atoms with Gasteiger partial charge in [0.25, 0.3) is 5.91 Å². The molecule has 0 bridgehead atoms. The highest BCUT2D eigenvalue weighted by Crippen LogP contribution is 2.29. The summed E-state index contributed by atoms with van der Waals surface area (Å²) in [4.78, 5) is 25.2. The first-order valence-electron chi connectivity index (χ1n) is 7.34. The molecule has 0 aromatic heterocycles. The Bertz CT molecular complexity index is 579. The van der Waals surface area contributed by atoms with Crippen molar-refractivity contribution >= 4 is 11.8 Å². The van der Waals surface area contributed by atoms with Gasteiger partial charge in [-0.3, -0.25) is 14.5 Å². The number of nitrogens with zero attached hydrogens (tertiary/aromatic N) is 1. The van der Waals surface area contributed by atoms with Crippen molar-refractivity contribution in [3.8, 4) is 0 Å². The molecule has 0 aliphatic carbocycles. The molecule has 21 heavy (non-hydrogen) atoms. The molecule has 5 heteroatoms. The van der Waals surface area contributed by atoms with Gasteiger partial charge >= 0.3 is 0 Å². The molecule has 2 aliphatic rings. The van der Waals surface area contributed by atoms with Crippen LogP contribution in [0, 0.1) is 0 Å². The summed E-state index contributed by atoms with van der Waals surface area (Å²) >= 11 is 0. The fraction of sp³-hybridized carbons (Fsp3) is 0.500. The lowest BCUT2D eigenvalue weighted by molar-refractivity contribution is -0.127. The van der Waals surface area contributed by atoms with E-state index in [1.807, 2.05) is 25.2 Å². The molecule has 2 aliphatic heterocycles. The normalized spacial score (nSPS) is 23.3. The first-order chi connectivity index (χ1) is 10.1. The molecular formula is C16H20N2O3. The minimum atomic E-state index is -0.217. The smallest absolute Gasteiger partial charge is 0.260 e. The molecule has 2 amide bonds. The Morgan fingerprint density at radius 2 is 2.19 bits per heavy atom. The van der Waals surface area contributed by atoms with E-state index < -0.39 is 0 Å². The van der Waals surface area contributed by atoms with Gasteiger partial charge in [0.15, 0.2) is 0 Å². The van der Waals surface area contributed by atoms with Gasteiger partial charge in [0.05, 0.1) is 18.6 Å². The monoisotopic (exact) mass is 288 g/mol. The fourth-order valence-corrected chi connectivity index (χ4v) is 3.15. The molecule has 5 nitrogen and oxygen atoms in total. The minimum Gasteiger partial charge on any atom is -0.376 e. The van der Waals surface area contributed by atoms with Crippen LogP contribution in [0.25, 0.3) is 0 Å². The lowest BCUT2D eigenvalue weighted by Crippen LogP contribution is -2.39. The Morgan fingerprint density at radius 3 is 2.86 bits per heavy atom. The van der Waals surface area contributed by atoms with Crippen molar-refractivity contribution in [2.45, 2.75) is 31.4 Å². The van der Waals surface area contributed by atoms with E-state index in [4.69, 9.17) is 4.74 Å². The van der Waals surface area contributed by atoms with Gasteiger partial charge in [-0.15, -0.1) is 0 Å². The summed E-state index contributed by atoms with van der Waals surface area (Å²) in [5, 5.41) is 3.29. The minimum absolute atomic E-state index is 0.0773. The summed E-state index contributed by atoms with van der Waals surface area (Å²) in [6.07, 6.45) is 2.53. The fourth-order valence-electron chi connectivity index (χ4n) is 3.15. The summed E-state index contributed by atoms with van der Waals surface area (Å²) in [5.41, 5.74) is 2.49. The van der Waals surface area contributed by atoms with E-state index in [9.17, 15) is 9.59 Å². The summed E-state index contributed by atoms with van der Waals surface area (Å²) in [5.74, 6) is -0.366. The number of hydrogen-bond donors (Lipinski definition) is 1. The lowest BCUT2D eigenvalue weighted by atomic mass is 9.92. The van der Waals surface area contributed by atoms with Gasteiger partial charge in [0.2, 0.25) is 5.91 Å². The summed E-state index contributed by atoms with van der Waals surface area (Å²) in [7, 11) is 3.44. The number of carbonyl (C=O) groups excluding carboxylic acids is 2. The number of fused-ring (bicyclic) bond motifs is 1. The van der Waals surface area contributed by atoms with Gasteiger partial charge in [-0.25, -0.2) is 0 Å². The molecule has 2 atom stereocenters. The Hall–Kier alpha value is -1.72. The number of carbonyl (C=O) groups is 2. The van der Waals surface area contributed by atoms with E-state index in [0.717, 1.165) is 30.6 Å². The average molecular weight is 288 g/mol. The van der Waals surface area contributed by atoms with Crippen LogP contribution in [0.2, 0.25) is 0 Å².